The first-order chi connectivity index (χ1) is 9.82. The molecule has 0 aliphatic heterocycles. The van der Waals surface area contributed by atoms with Crippen LogP contribution in [0, 0.1) is 11.3 Å². The highest BCUT2D eigenvalue weighted by Gasteiger charge is 2.26. The minimum absolute atomic E-state index is 0.0206. The smallest absolute Gasteiger partial charge is 0.307 e. The lowest BCUT2D eigenvalue weighted by atomic mass is 9.90. The summed E-state index contributed by atoms with van der Waals surface area (Å²) in [6.45, 7) is 5.96. The number of benzene rings is 1. The van der Waals surface area contributed by atoms with Crippen LogP contribution in [0.4, 0.5) is 0 Å². The molecule has 0 saturated carbocycles. The van der Waals surface area contributed by atoms with E-state index in [4.69, 9.17) is 10.4 Å². The summed E-state index contributed by atoms with van der Waals surface area (Å²) in [5.41, 5.74) is 2.22. The third kappa shape index (κ3) is 3.08. The molecule has 0 saturated heterocycles. The molecule has 1 N–H and O–H groups in total. The number of carbonyl (C=O) groups is 1. The molecular formula is C15H16N4O2. The van der Waals surface area contributed by atoms with E-state index in [1.165, 1.54) is 0 Å². The monoisotopic (exact) mass is 284 g/mol. The molecule has 6 nitrogen and oxygen atoms in total. The van der Waals surface area contributed by atoms with Crippen molar-refractivity contribution in [3.8, 4) is 11.8 Å². The average Bonchev–Trinajstić information content (AvgIpc) is 2.82. The number of nitriles is 1. The molecule has 0 atom stereocenters. The van der Waals surface area contributed by atoms with Crippen LogP contribution in [-0.2, 0) is 16.6 Å². The number of hydrogen-bond donors (Lipinski definition) is 1. The Labute approximate surface area is 122 Å². The zero-order valence-electron chi connectivity index (χ0n) is 12.2. The Morgan fingerprint density at radius 3 is 2.43 bits per heavy atom. The first kappa shape index (κ1) is 14.7. The van der Waals surface area contributed by atoms with Crippen LogP contribution >= 0.6 is 0 Å². The van der Waals surface area contributed by atoms with Gasteiger partial charge in [-0.25, -0.2) is 4.68 Å². The molecule has 1 heterocycles. The Morgan fingerprint density at radius 2 is 1.95 bits per heavy atom. The highest BCUT2D eigenvalue weighted by molar-refractivity contribution is 5.70. The van der Waals surface area contributed by atoms with Crippen LogP contribution in [0.5, 0.6) is 0 Å². The van der Waals surface area contributed by atoms with E-state index in [-0.39, 0.29) is 11.8 Å². The number of nitrogens with zero attached hydrogens (tertiary/aromatic N) is 4. The Morgan fingerprint density at radius 1 is 1.33 bits per heavy atom. The first-order valence-electron chi connectivity index (χ1n) is 6.50. The zero-order chi connectivity index (χ0) is 15.6. The van der Waals surface area contributed by atoms with Gasteiger partial charge in [-0.2, -0.15) is 5.26 Å². The van der Waals surface area contributed by atoms with Gasteiger partial charge in [-0.1, -0.05) is 38.1 Å². The first-order valence-corrected chi connectivity index (χ1v) is 6.50. The molecule has 0 spiro atoms. The van der Waals surface area contributed by atoms with Crippen LogP contribution in [0.15, 0.2) is 24.3 Å². The highest BCUT2D eigenvalue weighted by atomic mass is 16.4. The van der Waals surface area contributed by atoms with Crippen molar-refractivity contribution in [2.75, 3.05) is 0 Å². The molecule has 0 bridgehead atoms. The Hall–Kier alpha value is -2.68. The van der Waals surface area contributed by atoms with E-state index < -0.39 is 5.97 Å². The SMILES string of the molecule is CC(C)(C)c1c(C#N)nnn1-c1ccc(CC(=O)O)cc1. The second-order valence-corrected chi connectivity index (χ2v) is 5.80. The predicted molar refractivity (Wildman–Crippen MR) is 76.1 cm³/mol. The van der Waals surface area contributed by atoms with Crippen molar-refractivity contribution in [3.05, 3.63) is 41.2 Å². The lowest BCUT2D eigenvalue weighted by molar-refractivity contribution is -0.136. The highest BCUT2D eigenvalue weighted by Crippen LogP contribution is 2.26. The summed E-state index contributed by atoms with van der Waals surface area (Å²) in [5.74, 6) is -0.870. The average molecular weight is 284 g/mol. The second-order valence-electron chi connectivity index (χ2n) is 5.80. The van der Waals surface area contributed by atoms with E-state index in [1.54, 1.807) is 28.9 Å². The van der Waals surface area contributed by atoms with E-state index in [2.05, 4.69) is 16.4 Å². The number of rotatable bonds is 3. The van der Waals surface area contributed by atoms with Crippen LogP contribution in [0.1, 0.15) is 37.7 Å². The van der Waals surface area contributed by atoms with Crippen LogP contribution in [0.25, 0.3) is 5.69 Å². The van der Waals surface area contributed by atoms with Crippen molar-refractivity contribution in [1.82, 2.24) is 15.0 Å². The van der Waals surface area contributed by atoms with Gasteiger partial charge in [0.15, 0.2) is 5.69 Å². The van der Waals surface area contributed by atoms with Crippen molar-refractivity contribution in [1.29, 1.82) is 5.26 Å². The molecule has 0 unspecified atom stereocenters. The summed E-state index contributed by atoms with van der Waals surface area (Å²) in [6.07, 6.45) is -0.0206. The lowest BCUT2D eigenvalue weighted by Crippen LogP contribution is -2.19. The van der Waals surface area contributed by atoms with E-state index >= 15 is 0 Å². The van der Waals surface area contributed by atoms with Crippen molar-refractivity contribution in [3.63, 3.8) is 0 Å². The molecule has 1 aromatic heterocycles. The summed E-state index contributed by atoms with van der Waals surface area (Å²) < 4.78 is 1.63. The number of hydrogen-bond acceptors (Lipinski definition) is 4. The van der Waals surface area contributed by atoms with Gasteiger partial charge in [0.25, 0.3) is 0 Å². The van der Waals surface area contributed by atoms with Gasteiger partial charge in [-0.15, -0.1) is 5.10 Å². The van der Waals surface area contributed by atoms with Gasteiger partial charge in [0.05, 0.1) is 17.8 Å². The maximum Gasteiger partial charge on any atom is 0.307 e. The topological polar surface area (TPSA) is 91.8 Å². The third-order valence-corrected chi connectivity index (χ3v) is 3.02. The molecule has 21 heavy (non-hydrogen) atoms. The van der Waals surface area contributed by atoms with Gasteiger partial charge >= 0.3 is 5.97 Å². The molecule has 108 valence electrons. The molecule has 1 aromatic carbocycles. The fraction of sp³-hybridized carbons (Fsp3) is 0.333. The molecule has 2 rings (SSSR count). The molecule has 0 fully saturated rings. The standard InChI is InChI=1S/C15H16N4O2/c1-15(2,3)14-12(9-16)17-18-19(14)11-6-4-10(5-7-11)8-13(20)21/h4-7H,8H2,1-3H3,(H,20,21). The lowest BCUT2D eigenvalue weighted by Gasteiger charge is -2.19. The summed E-state index contributed by atoms with van der Waals surface area (Å²) in [5, 5.41) is 25.9. The predicted octanol–water partition coefficient (Wildman–Crippen LogP) is 2.06. The van der Waals surface area contributed by atoms with Gasteiger partial charge in [0.2, 0.25) is 0 Å². The van der Waals surface area contributed by atoms with Gasteiger partial charge in [-0.3, -0.25) is 4.79 Å². The van der Waals surface area contributed by atoms with Crippen molar-refractivity contribution in [2.45, 2.75) is 32.6 Å². The summed E-state index contributed by atoms with van der Waals surface area (Å²) in [6, 6.07) is 9.10. The summed E-state index contributed by atoms with van der Waals surface area (Å²) >= 11 is 0. The fourth-order valence-corrected chi connectivity index (χ4v) is 2.14. The van der Waals surface area contributed by atoms with E-state index in [1.807, 2.05) is 20.8 Å². The Bertz CT molecular complexity index is 703. The van der Waals surface area contributed by atoms with E-state index in [0.29, 0.717) is 11.3 Å². The summed E-state index contributed by atoms with van der Waals surface area (Å²) in [4.78, 5) is 10.7. The largest absolute Gasteiger partial charge is 0.481 e. The van der Waals surface area contributed by atoms with Gasteiger partial charge < -0.3 is 5.11 Å². The van der Waals surface area contributed by atoms with Gasteiger partial charge in [0.1, 0.15) is 6.07 Å². The molecular weight excluding hydrogens is 268 g/mol. The fourth-order valence-electron chi connectivity index (χ4n) is 2.14. The number of aliphatic carboxylic acids is 1. The maximum atomic E-state index is 10.7. The van der Waals surface area contributed by atoms with Gasteiger partial charge in [0, 0.05) is 5.41 Å². The Kier molecular flexibility index (Phi) is 3.76. The quantitative estimate of drug-likeness (QED) is 0.931. The molecule has 0 radical (unpaired) electrons. The number of aromatic nitrogens is 3. The molecule has 6 heteroatoms. The van der Waals surface area contributed by atoms with Crippen molar-refractivity contribution in [2.24, 2.45) is 0 Å². The third-order valence-electron chi connectivity index (χ3n) is 3.02. The van der Waals surface area contributed by atoms with Crippen molar-refractivity contribution < 1.29 is 9.90 Å². The van der Waals surface area contributed by atoms with Crippen LogP contribution < -0.4 is 0 Å². The molecule has 0 aliphatic carbocycles. The zero-order valence-corrected chi connectivity index (χ0v) is 12.2. The van der Waals surface area contributed by atoms with Crippen LogP contribution in [0.2, 0.25) is 0 Å². The molecule has 0 amide bonds. The minimum atomic E-state index is -0.870. The maximum absolute atomic E-state index is 10.7. The number of carboxylic acids is 1. The normalized spacial score (nSPS) is 11.1. The molecule has 0 aliphatic rings. The second kappa shape index (κ2) is 5.37. The number of carboxylic acid groups (broad SMARTS) is 1. The van der Waals surface area contributed by atoms with Crippen molar-refractivity contribution >= 4 is 5.97 Å². The van der Waals surface area contributed by atoms with Crippen LogP contribution in [-0.4, -0.2) is 26.1 Å². The van der Waals surface area contributed by atoms with Gasteiger partial charge in [-0.05, 0) is 17.7 Å². The Balaban J connectivity index is 2.46. The summed E-state index contributed by atoms with van der Waals surface area (Å²) in [7, 11) is 0. The molecule has 2 aromatic rings. The van der Waals surface area contributed by atoms with Crippen LogP contribution in [0.3, 0.4) is 0 Å². The van der Waals surface area contributed by atoms with E-state index in [9.17, 15) is 4.79 Å². The minimum Gasteiger partial charge on any atom is -0.481 e. The van der Waals surface area contributed by atoms with E-state index in [0.717, 1.165) is 11.4 Å².